The van der Waals surface area contributed by atoms with Gasteiger partial charge in [-0.05, 0) is 12.5 Å². The topological polar surface area (TPSA) is 80.7 Å². The highest BCUT2D eigenvalue weighted by atomic mass is 16.5. The molecule has 0 fully saturated rings. The number of hydrogen-bond acceptors (Lipinski definition) is 4. The fourth-order valence-electron chi connectivity index (χ4n) is 1.49. The summed E-state index contributed by atoms with van der Waals surface area (Å²) in [6.45, 7) is 4.86. The minimum Gasteiger partial charge on any atom is -0.481 e. The van der Waals surface area contributed by atoms with Crippen LogP contribution in [-0.4, -0.2) is 29.4 Å². The summed E-state index contributed by atoms with van der Waals surface area (Å²) in [5.41, 5.74) is 1.75. The molecule has 1 aromatic carbocycles. The lowest BCUT2D eigenvalue weighted by molar-refractivity contribution is -0.145. The minimum absolute atomic E-state index is 0.166. The summed E-state index contributed by atoms with van der Waals surface area (Å²) in [5.74, 6) is -2.28. The van der Waals surface area contributed by atoms with Gasteiger partial charge in [0.1, 0.15) is 0 Å². The summed E-state index contributed by atoms with van der Waals surface area (Å²) in [6.07, 6.45) is -0.329. The lowest BCUT2D eigenvalue weighted by Gasteiger charge is -2.05. The maximum absolute atomic E-state index is 11.6. The van der Waals surface area contributed by atoms with Crippen molar-refractivity contribution in [3.8, 4) is 0 Å². The van der Waals surface area contributed by atoms with Crippen molar-refractivity contribution in [2.45, 2.75) is 19.8 Å². The summed E-state index contributed by atoms with van der Waals surface area (Å²) in [5, 5.41) is 8.49. The van der Waals surface area contributed by atoms with Crippen molar-refractivity contribution in [2.24, 2.45) is 0 Å². The van der Waals surface area contributed by atoms with E-state index in [0.29, 0.717) is 0 Å². The van der Waals surface area contributed by atoms with Crippen LogP contribution in [0, 0.1) is 6.92 Å². The third-order valence-corrected chi connectivity index (χ3v) is 2.54. The van der Waals surface area contributed by atoms with Crippen LogP contribution in [0.5, 0.6) is 0 Å². The zero-order valence-corrected chi connectivity index (χ0v) is 11.2. The van der Waals surface area contributed by atoms with Crippen molar-refractivity contribution in [1.29, 1.82) is 0 Å². The summed E-state index contributed by atoms with van der Waals surface area (Å²) >= 11 is 0. The molecule has 1 aromatic rings. The van der Waals surface area contributed by atoms with Gasteiger partial charge in [0, 0.05) is 12.0 Å². The average molecular weight is 276 g/mol. The molecule has 1 rings (SSSR count). The molecule has 0 aromatic heterocycles. The molecule has 0 aliphatic rings. The van der Waals surface area contributed by atoms with Crippen LogP contribution < -0.4 is 0 Å². The zero-order chi connectivity index (χ0) is 15.1. The molecule has 0 unspecified atom stereocenters. The Morgan fingerprint density at radius 1 is 1.20 bits per heavy atom. The molecule has 0 saturated heterocycles. The van der Waals surface area contributed by atoms with Gasteiger partial charge in [-0.25, -0.2) is 4.79 Å². The van der Waals surface area contributed by atoms with Gasteiger partial charge in [-0.15, -0.1) is 0 Å². The number of ether oxygens (including phenoxy) is 1. The summed E-state index contributed by atoms with van der Waals surface area (Å²) < 4.78 is 4.71. The third-order valence-electron chi connectivity index (χ3n) is 2.54. The number of aryl methyl sites for hydroxylation is 1. The first kappa shape index (κ1) is 15.6. The Kier molecular flexibility index (Phi) is 5.65. The molecule has 0 aliphatic heterocycles. The zero-order valence-electron chi connectivity index (χ0n) is 11.2. The SMILES string of the molecule is C=C(CC(=O)O)C(=O)OCC(=O)Cc1ccc(C)cc1. The lowest BCUT2D eigenvalue weighted by atomic mass is 10.1. The highest BCUT2D eigenvalue weighted by molar-refractivity contribution is 5.94. The van der Waals surface area contributed by atoms with E-state index in [1.165, 1.54) is 0 Å². The van der Waals surface area contributed by atoms with Crippen LogP contribution in [0.4, 0.5) is 0 Å². The van der Waals surface area contributed by atoms with E-state index in [1.807, 2.05) is 31.2 Å². The lowest BCUT2D eigenvalue weighted by Crippen LogP contribution is -2.17. The van der Waals surface area contributed by atoms with Gasteiger partial charge in [0.15, 0.2) is 12.4 Å². The molecule has 0 aliphatic carbocycles. The number of carbonyl (C=O) groups excluding carboxylic acids is 2. The second-order valence-electron chi connectivity index (χ2n) is 4.45. The normalized spacial score (nSPS) is 9.85. The van der Waals surface area contributed by atoms with Crippen LogP contribution in [0.2, 0.25) is 0 Å². The van der Waals surface area contributed by atoms with Crippen LogP contribution in [0.15, 0.2) is 36.4 Å². The number of carboxylic acid groups (broad SMARTS) is 1. The second-order valence-corrected chi connectivity index (χ2v) is 4.45. The van der Waals surface area contributed by atoms with Crippen LogP contribution in [0.3, 0.4) is 0 Å². The third kappa shape index (κ3) is 5.48. The number of hydrogen-bond donors (Lipinski definition) is 1. The van der Waals surface area contributed by atoms with Crippen LogP contribution in [0.25, 0.3) is 0 Å². The van der Waals surface area contributed by atoms with E-state index in [4.69, 9.17) is 9.84 Å². The largest absolute Gasteiger partial charge is 0.481 e. The molecule has 0 amide bonds. The van der Waals surface area contributed by atoms with Gasteiger partial charge in [-0.1, -0.05) is 36.4 Å². The minimum atomic E-state index is -1.17. The number of benzene rings is 1. The first-order chi connectivity index (χ1) is 9.38. The molecular formula is C15H16O5. The van der Waals surface area contributed by atoms with Crippen molar-refractivity contribution in [3.05, 3.63) is 47.5 Å². The molecular weight excluding hydrogens is 260 g/mol. The standard InChI is InChI=1S/C15H16O5/c1-10-3-5-12(6-4-10)8-13(16)9-20-15(19)11(2)7-14(17)18/h3-6H,2,7-9H2,1H3,(H,17,18). The fourth-order valence-corrected chi connectivity index (χ4v) is 1.49. The highest BCUT2D eigenvalue weighted by Crippen LogP contribution is 2.05. The Labute approximate surface area is 116 Å². The molecule has 0 radical (unpaired) electrons. The van der Waals surface area contributed by atoms with Gasteiger partial charge in [0.25, 0.3) is 0 Å². The Bertz CT molecular complexity index is 528. The van der Waals surface area contributed by atoms with E-state index in [1.54, 1.807) is 0 Å². The van der Waals surface area contributed by atoms with E-state index >= 15 is 0 Å². The van der Waals surface area contributed by atoms with Crippen molar-refractivity contribution in [1.82, 2.24) is 0 Å². The predicted octanol–water partition coefficient (Wildman–Crippen LogP) is 1.68. The molecule has 0 spiro atoms. The summed E-state index contributed by atoms with van der Waals surface area (Å²) in [6, 6.07) is 7.45. The fraction of sp³-hybridized carbons (Fsp3) is 0.267. The Morgan fingerprint density at radius 3 is 2.35 bits per heavy atom. The quantitative estimate of drug-likeness (QED) is 0.605. The van der Waals surface area contributed by atoms with E-state index in [-0.39, 0.29) is 24.4 Å². The van der Waals surface area contributed by atoms with E-state index in [0.717, 1.165) is 11.1 Å². The number of Topliss-reactive ketones (excluding diaryl/α,β-unsaturated/α-hetero) is 1. The highest BCUT2D eigenvalue weighted by Gasteiger charge is 2.14. The maximum atomic E-state index is 11.6. The number of carboxylic acids is 1. The average Bonchev–Trinajstić information content (AvgIpc) is 2.38. The number of ketones is 1. The van der Waals surface area contributed by atoms with Gasteiger partial charge in [0.05, 0.1) is 6.42 Å². The van der Waals surface area contributed by atoms with Crippen molar-refractivity contribution in [2.75, 3.05) is 6.61 Å². The van der Waals surface area contributed by atoms with Gasteiger partial charge in [-0.2, -0.15) is 0 Å². The van der Waals surface area contributed by atoms with E-state index in [2.05, 4.69) is 6.58 Å². The van der Waals surface area contributed by atoms with Crippen molar-refractivity contribution in [3.63, 3.8) is 0 Å². The van der Waals surface area contributed by atoms with Gasteiger partial charge in [0.2, 0.25) is 0 Å². The second kappa shape index (κ2) is 7.23. The number of esters is 1. The molecule has 0 bridgehead atoms. The molecule has 0 saturated carbocycles. The molecule has 106 valence electrons. The van der Waals surface area contributed by atoms with Crippen LogP contribution >= 0.6 is 0 Å². The molecule has 1 N–H and O–H groups in total. The predicted molar refractivity (Wildman–Crippen MR) is 72.2 cm³/mol. The first-order valence-corrected chi connectivity index (χ1v) is 6.02. The number of rotatable bonds is 7. The molecule has 5 heteroatoms. The first-order valence-electron chi connectivity index (χ1n) is 6.02. The molecule has 5 nitrogen and oxygen atoms in total. The summed E-state index contributed by atoms with van der Waals surface area (Å²) in [7, 11) is 0. The number of carbonyl (C=O) groups is 3. The van der Waals surface area contributed by atoms with Gasteiger partial charge in [-0.3, -0.25) is 9.59 Å². The van der Waals surface area contributed by atoms with Crippen LogP contribution in [0.1, 0.15) is 17.5 Å². The Balaban J connectivity index is 2.40. The van der Waals surface area contributed by atoms with Crippen molar-refractivity contribution >= 4 is 17.7 Å². The number of aliphatic carboxylic acids is 1. The maximum Gasteiger partial charge on any atom is 0.334 e. The smallest absolute Gasteiger partial charge is 0.334 e. The van der Waals surface area contributed by atoms with E-state index in [9.17, 15) is 14.4 Å². The van der Waals surface area contributed by atoms with Crippen molar-refractivity contribution < 1.29 is 24.2 Å². The summed E-state index contributed by atoms with van der Waals surface area (Å²) in [4.78, 5) is 33.4. The van der Waals surface area contributed by atoms with Gasteiger partial charge >= 0.3 is 11.9 Å². The molecule has 0 atom stereocenters. The monoisotopic (exact) mass is 276 g/mol. The molecule has 20 heavy (non-hydrogen) atoms. The Morgan fingerprint density at radius 2 is 1.80 bits per heavy atom. The Hall–Kier alpha value is -2.43. The van der Waals surface area contributed by atoms with Crippen LogP contribution in [-0.2, 0) is 25.5 Å². The van der Waals surface area contributed by atoms with E-state index < -0.39 is 18.4 Å². The van der Waals surface area contributed by atoms with Gasteiger partial charge < -0.3 is 9.84 Å². The molecule has 0 heterocycles.